The molecule has 4 rings (SSSR count). The second-order valence-electron chi connectivity index (χ2n) is 10.9. The van der Waals surface area contributed by atoms with Gasteiger partial charge in [-0.3, -0.25) is 14.4 Å². The fourth-order valence-electron chi connectivity index (χ4n) is 5.56. The first-order chi connectivity index (χ1) is 17.6. The van der Waals surface area contributed by atoms with Crippen LogP contribution in [0.15, 0.2) is 24.3 Å². The molecule has 2 heterocycles. The van der Waals surface area contributed by atoms with E-state index in [0.29, 0.717) is 24.4 Å². The van der Waals surface area contributed by atoms with Crippen molar-refractivity contribution in [2.24, 2.45) is 11.8 Å². The fourth-order valence-corrected chi connectivity index (χ4v) is 5.56. The van der Waals surface area contributed by atoms with Crippen molar-refractivity contribution in [3.05, 3.63) is 29.8 Å². The molecule has 1 spiro atoms. The van der Waals surface area contributed by atoms with Crippen molar-refractivity contribution in [2.45, 2.75) is 69.5 Å². The monoisotopic (exact) mass is 509 g/mol. The topological polar surface area (TPSA) is 132 Å². The lowest BCUT2D eigenvalue weighted by atomic mass is 9.80. The number of nitriles is 1. The molecule has 0 unspecified atom stereocenters. The van der Waals surface area contributed by atoms with Gasteiger partial charge in [-0.05, 0) is 36.3 Å². The van der Waals surface area contributed by atoms with E-state index in [1.807, 2.05) is 38.1 Å². The number of methoxy groups -OCH3 is 1. The summed E-state index contributed by atoms with van der Waals surface area (Å²) in [4.78, 5) is 55.5. The van der Waals surface area contributed by atoms with Gasteiger partial charge >= 0.3 is 6.09 Å². The van der Waals surface area contributed by atoms with E-state index >= 15 is 0 Å². The number of carbonyl (C=O) groups excluding carboxylic acids is 4. The van der Waals surface area contributed by atoms with Crippen molar-refractivity contribution < 1.29 is 23.9 Å². The first kappa shape index (κ1) is 26.5. The Balaban J connectivity index is 1.60. The Morgan fingerprint density at radius 3 is 2.62 bits per heavy atom. The van der Waals surface area contributed by atoms with Crippen LogP contribution in [0.25, 0.3) is 0 Å². The molecule has 4 amide bonds. The third-order valence-electron chi connectivity index (χ3n) is 7.75. The fraction of sp³-hybridized carbons (Fsp3) is 0.593. The zero-order valence-corrected chi connectivity index (χ0v) is 21.8. The molecule has 198 valence electrons. The van der Waals surface area contributed by atoms with E-state index in [4.69, 9.17) is 4.74 Å². The highest BCUT2D eigenvalue weighted by molar-refractivity contribution is 6.07. The maximum absolute atomic E-state index is 14.0. The van der Waals surface area contributed by atoms with Crippen LogP contribution in [-0.2, 0) is 24.5 Å². The van der Waals surface area contributed by atoms with Crippen LogP contribution in [0, 0.1) is 23.2 Å². The number of rotatable bonds is 8. The highest BCUT2D eigenvalue weighted by Crippen LogP contribution is 2.46. The average molecular weight is 510 g/mol. The SMILES string of the molecule is COC(=O)N[C@@H](CC1CC1)C(=O)N(C)[C@@H](CC(C)C)C(=O)N1C[C@]2(C[C@H]1C#N)C(=O)Nc1ccccc12. The molecule has 2 fully saturated rings. The number of nitrogens with zero attached hydrogens (tertiary/aromatic N) is 3. The van der Waals surface area contributed by atoms with Gasteiger partial charge in [0.2, 0.25) is 17.7 Å². The molecule has 1 saturated heterocycles. The molecule has 10 nitrogen and oxygen atoms in total. The summed E-state index contributed by atoms with van der Waals surface area (Å²) in [5.74, 6) is -0.537. The van der Waals surface area contributed by atoms with E-state index < -0.39 is 29.6 Å². The second-order valence-corrected chi connectivity index (χ2v) is 10.9. The molecule has 1 aromatic carbocycles. The molecular weight excluding hydrogens is 474 g/mol. The zero-order chi connectivity index (χ0) is 26.9. The Morgan fingerprint density at radius 1 is 1.30 bits per heavy atom. The van der Waals surface area contributed by atoms with Gasteiger partial charge in [-0.2, -0.15) is 5.26 Å². The number of ether oxygens (including phenoxy) is 1. The predicted molar refractivity (Wildman–Crippen MR) is 135 cm³/mol. The minimum Gasteiger partial charge on any atom is -0.453 e. The second kappa shape index (κ2) is 10.4. The summed E-state index contributed by atoms with van der Waals surface area (Å²) in [7, 11) is 2.81. The minimum atomic E-state index is -1.00. The molecule has 2 N–H and O–H groups in total. The third kappa shape index (κ3) is 5.13. The van der Waals surface area contributed by atoms with Gasteiger partial charge in [0, 0.05) is 25.7 Å². The van der Waals surface area contributed by atoms with E-state index in [0.717, 1.165) is 18.4 Å². The Kier molecular flexibility index (Phi) is 7.44. The number of nitrogens with one attached hydrogen (secondary N) is 2. The highest BCUT2D eigenvalue weighted by Gasteiger charge is 2.56. The molecule has 0 bridgehead atoms. The van der Waals surface area contributed by atoms with E-state index in [9.17, 15) is 24.4 Å². The number of hydrogen-bond donors (Lipinski definition) is 2. The number of likely N-dealkylation sites (tertiary alicyclic amines) is 1. The van der Waals surface area contributed by atoms with Gasteiger partial charge < -0.3 is 25.2 Å². The lowest BCUT2D eigenvalue weighted by molar-refractivity contribution is -0.146. The normalized spacial score (nSPS) is 23.7. The van der Waals surface area contributed by atoms with Crippen molar-refractivity contribution in [3.8, 4) is 6.07 Å². The van der Waals surface area contributed by atoms with Gasteiger partial charge in [-0.1, -0.05) is 44.9 Å². The molecule has 3 aliphatic rings. The van der Waals surface area contributed by atoms with Crippen LogP contribution < -0.4 is 10.6 Å². The molecular formula is C27H35N5O5. The van der Waals surface area contributed by atoms with Gasteiger partial charge in [-0.15, -0.1) is 0 Å². The molecule has 1 aromatic rings. The summed E-state index contributed by atoms with van der Waals surface area (Å²) in [5.41, 5.74) is 0.479. The third-order valence-corrected chi connectivity index (χ3v) is 7.75. The van der Waals surface area contributed by atoms with Gasteiger partial charge in [-0.25, -0.2) is 4.79 Å². The molecule has 1 saturated carbocycles. The molecule has 0 aromatic heterocycles. The standard InChI is InChI=1S/C27H35N5O5/c1-16(2)11-22(31(3)23(33)21(12-17-9-10-17)30-26(36)37-4)24(34)32-15-27(13-18(32)14-28)19-7-5-6-8-20(19)29-25(27)35/h5-8,16-18,21-22H,9-13,15H2,1-4H3,(H,29,35)(H,30,36)/t18-,21-,22-,27-/m0/s1. The summed E-state index contributed by atoms with van der Waals surface area (Å²) < 4.78 is 4.72. The molecule has 1 aliphatic carbocycles. The van der Waals surface area contributed by atoms with E-state index in [-0.39, 0.29) is 36.6 Å². The van der Waals surface area contributed by atoms with Gasteiger partial charge in [0.25, 0.3) is 0 Å². The molecule has 37 heavy (non-hydrogen) atoms. The number of alkyl carbamates (subject to hydrolysis) is 1. The summed E-state index contributed by atoms with van der Waals surface area (Å²) >= 11 is 0. The Morgan fingerprint density at radius 2 is 2.00 bits per heavy atom. The first-order valence-electron chi connectivity index (χ1n) is 12.8. The van der Waals surface area contributed by atoms with Crippen molar-refractivity contribution in [1.29, 1.82) is 5.26 Å². The summed E-state index contributed by atoms with van der Waals surface area (Å²) in [6.45, 7) is 3.98. The Bertz CT molecular complexity index is 1130. The van der Waals surface area contributed by atoms with Gasteiger partial charge in [0.05, 0.1) is 18.6 Å². The molecule has 0 radical (unpaired) electrons. The molecule has 2 aliphatic heterocycles. The number of carbonyl (C=O) groups is 4. The van der Waals surface area contributed by atoms with Crippen LogP contribution in [0.2, 0.25) is 0 Å². The Hall–Kier alpha value is -3.61. The van der Waals surface area contributed by atoms with E-state index in [1.54, 1.807) is 7.05 Å². The largest absolute Gasteiger partial charge is 0.453 e. The Labute approximate surface area is 217 Å². The lowest BCUT2D eigenvalue weighted by Gasteiger charge is -2.35. The van der Waals surface area contributed by atoms with Crippen LogP contribution in [0.1, 0.15) is 51.5 Å². The quantitative estimate of drug-likeness (QED) is 0.553. The maximum Gasteiger partial charge on any atom is 0.407 e. The van der Waals surface area contributed by atoms with Crippen molar-refractivity contribution in [2.75, 3.05) is 26.0 Å². The first-order valence-corrected chi connectivity index (χ1v) is 12.8. The smallest absolute Gasteiger partial charge is 0.407 e. The molecule has 4 atom stereocenters. The van der Waals surface area contributed by atoms with Crippen LogP contribution >= 0.6 is 0 Å². The number of fused-ring (bicyclic) bond motifs is 2. The van der Waals surface area contributed by atoms with Crippen LogP contribution in [-0.4, -0.2) is 72.4 Å². The van der Waals surface area contributed by atoms with Crippen molar-refractivity contribution in [3.63, 3.8) is 0 Å². The number of amides is 4. The molecule has 10 heteroatoms. The van der Waals surface area contributed by atoms with Crippen molar-refractivity contribution >= 4 is 29.5 Å². The zero-order valence-electron chi connectivity index (χ0n) is 21.8. The number of para-hydroxylation sites is 1. The van der Waals surface area contributed by atoms with Gasteiger partial charge in [0.1, 0.15) is 18.1 Å². The van der Waals surface area contributed by atoms with Crippen LogP contribution in [0.3, 0.4) is 0 Å². The van der Waals surface area contributed by atoms with Gasteiger partial charge in [0.15, 0.2) is 0 Å². The summed E-state index contributed by atoms with van der Waals surface area (Å²) in [6.07, 6.45) is 2.34. The van der Waals surface area contributed by atoms with Crippen LogP contribution in [0.4, 0.5) is 10.5 Å². The average Bonchev–Trinajstić information content (AvgIpc) is 3.55. The summed E-state index contributed by atoms with van der Waals surface area (Å²) in [6, 6.07) is 7.10. The van der Waals surface area contributed by atoms with Crippen molar-refractivity contribution in [1.82, 2.24) is 15.1 Å². The van der Waals surface area contributed by atoms with E-state index in [2.05, 4.69) is 16.7 Å². The number of anilines is 1. The number of benzene rings is 1. The highest BCUT2D eigenvalue weighted by atomic mass is 16.5. The van der Waals surface area contributed by atoms with Crippen LogP contribution in [0.5, 0.6) is 0 Å². The minimum absolute atomic E-state index is 0.0649. The predicted octanol–water partition coefficient (Wildman–Crippen LogP) is 2.40. The lowest BCUT2D eigenvalue weighted by Crippen LogP contribution is -2.56. The number of likely N-dealkylation sites (N-methyl/N-ethyl adjacent to an activating group) is 1. The maximum atomic E-state index is 14.0. The summed E-state index contributed by atoms with van der Waals surface area (Å²) in [5, 5.41) is 15.5. The van der Waals surface area contributed by atoms with E-state index in [1.165, 1.54) is 16.9 Å². The number of hydrogen-bond acceptors (Lipinski definition) is 6.